The third-order valence-electron chi connectivity index (χ3n) is 1.33. The quantitative estimate of drug-likeness (QED) is 0.762. The number of nitrogens with two attached hydrogens (primary N) is 1. The highest BCUT2D eigenvalue weighted by molar-refractivity contribution is 5.49. The number of nitrogen functional groups attached to an aromatic ring is 1. The van der Waals surface area contributed by atoms with E-state index in [1.807, 2.05) is 0 Å². The van der Waals surface area contributed by atoms with Gasteiger partial charge in [-0.1, -0.05) is 0 Å². The maximum absolute atomic E-state index is 11.7. The van der Waals surface area contributed by atoms with E-state index < -0.39 is 12.2 Å². The number of halogens is 3. The van der Waals surface area contributed by atoms with E-state index in [1.54, 1.807) is 0 Å². The van der Waals surface area contributed by atoms with Crippen LogP contribution in [0.25, 0.3) is 0 Å². The molecule has 78 valence electrons. The van der Waals surface area contributed by atoms with Gasteiger partial charge in [-0.2, -0.15) is 0 Å². The van der Waals surface area contributed by atoms with E-state index in [0.29, 0.717) is 5.56 Å². The molecule has 0 aliphatic carbocycles. The van der Waals surface area contributed by atoms with Crippen molar-refractivity contribution in [2.75, 3.05) is 5.73 Å². The van der Waals surface area contributed by atoms with Crippen LogP contribution in [0.3, 0.4) is 0 Å². The minimum absolute atomic E-state index is 0.270. The second-order valence-corrected chi connectivity index (χ2v) is 2.44. The number of ether oxygens (including phenoxy) is 1. The Morgan fingerprint density at radius 2 is 2.14 bits per heavy atom. The monoisotopic (exact) mass is 208 g/mol. The van der Waals surface area contributed by atoms with Crippen molar-refractivity contribution in [3.05, 3.63) is 17.8 Å². The number of aliphatic hydroxyl groups is 1. The normalized spacial score (nSPS) is 11.4. The van der Waals surface area contributed by atoms with Crippen molar-refractivity contribution in [2.24, 2.45) is 0 Å². The van der Waals surface area contributed by atoms with Gasteiger partial charge in [0.05, 0.1) is 12.3 Å². The fourth-order valence-electron chi connectivity index (χ4n) is 0.796. The molecule has 0 fully saturated rings. The van der Waals surface area contributed by atoms with Crippen molar-refractivity contribution >= 4 is 5.69 Å². The van der Waals surface area contributed by atoms with Crippen molar-refractivity contribution < 1.29 is 23.0 Å². The smallest absolute Gasteiger partial charge is 0.394 e. The second-order valence-electron chi connectivity index (χ2n) is 2.44. The second kappa shape index (κ2) is 3.70. The maximum Gasteiger partial charge on any atom is 0.574 e. The number of hydrogen-bond acceptors (Lipinski definition) is 4. The van der Waals surface area contributed by atoms with Gasteiger partial charge >= 0.3 is 6.36 Å². The summed E-state index contributed by atoms with van der Waals surface area (Å²) in [7, 11) is 0. The summed E-state index contributed by atoms with van der Waals surface area (Å²) >= 11 is 0. The zero-order chi connectivity index (χ0) is 10.8. The molecule has 0 aliphatic heterocycles. The number of anilines is 1. The number of hydrogen-bond donors (Lipinski definition) is 2. The van der Waals surface area contributed by atoms with Crippen LogP contribution >= 0.6 is 0 Å². The molecule has 14 heavy (non-hydrogen) atoms. The van der Waals surface area contributed by atoms with Gasteiger partial charge in [0, 0.05) is 6.20 Å². The lowest BCUT2D eigenvalue weighted by molar-refractivity contribution is -0.275. The van der Waals surface area contributed by atoms with Gasteiger partial charge in [-0.05, 0) is 11.6 Å². The van der Waals surface area contributed by atoms with Gasteiger partial charge in [-0.25, -0.2) is 4.98 Å². The van der Waals surface area contributed by atoms with Crippen LogP contribution in [0.15, 0.2) is 12.3 Å². The van der Waals surface area contributed by atoms with Crippen LogP contribution in [-0.2, 0) is 6.61 Å². The first-order chi connectivity index (χ1) is 6.42. The van der Waals surface area contributed by atoms with Gasteiger partial charge in [0.15, 0.2) is 0 Å². The van der Waals surface area contributed by atoms with Gasteiger partial charge in [-0.15, -0.1) is 13.2 Å². The summed E-state index contributed by atoms with van der Waals surface area (Å²) in [5.41, 5.74) is 5.25. The van der Waals surface area contributed by atoms with Crippen molar-refractivity contribution in [1.82, 2.24) is 4.98 Å². The highest BCUT2D eigenvalue weighted by atomic mass is 19.4. The summed E-state index contributed by atoms with van der Waals surface area (Å²) in [4.78, 5) is 3.31. The first-order valence-corrected chi connectivity index (χ1v) is 3.53. The van der Waals surface area contributed by atoms with Gasteiger partial charge < -0.3 is 15.6 Å². The molecular weight excluding hydrogens is 201 g/mol. The fourth-order valence-corrected chi connectivity index (χ4v) is 0.796. The van der Waals surface area contributed by atoms with Gasteiger partial charge in [0.25, 0.3) is 0 Å². The summed E-state index contributed by atoms with van der Waals surface area (Å²) in [6.45, 7) is -0.344. The molecule has 1 rings (SSSR count). The number of nitrogens with zero attached hydrogens (tertiary/aromatic N) is 1. The molecule has 3 N–H and O–H groups in total. The Hall–Kier alpha value is -1.50. The van der Waals surface area contributed by atoms with Gasteiger partial charge in [0.2, 0.25) is 5.88 Å². The Balaban J connectivity index is 2.89. The van der Waals surface area contributed by atoms with E-state index in [9.17, 15) is 13.2 Å². The van der Waals surface area contributed by atoms with Gasteiger partial charge in [0.1, 0.15) is 0 Å². The number of rotatable bonds is 2. The van der Waals surface area contributed by atoms with Crippen LogP contribution in [-0.4, -0.2) is 16.5 Å². The summed E-state index contributed by atoms with van der Waals surface area (Å²) in [6, 6.07) is 1.16. The zero-order valence-corrected chi connectivity index (χ0v) is 6.88. The Kier molecular flexibility index (Phi) is 2.80. The SMILES string of the molecule is Nc1cc(CO)cnc1OC(F)(F)F. The summed E-state index contributed by atoms with van der Waals surface area (Å²) in [5, 5.41) is 8.63. The van der Waals surface area contributed by atoms with Crippen LogP contribution in [0.4, 0.5) is 18.9 Å². The largest absolute Gasteiger partial charge is 0.574 e. The highest BCUT2D eigenvalue weighted by Gasteiger charge is 2.32. The molecule has 0 bridgehead atoms. The van der Waals surface area contributed by atoms with Crippen LogP contribution in [0, 0.1) is 0 Å². The van der Waals surface area contributed by atoms with Crippen LogP contribution < -0.4 is 10.5 Å². The number of pyridine rings is 1. The molecule has 0 saturated carbocycles. The molecule has 7 heteroatoms. The number of alkyl halides is 3. The third-order valence-corrected chi connectivity index (χ3v) is 1.33. The molecule has 1 aromatic rings. The summed E-state index contributed by atoms with van der Waals surface area (Å²) < 4.78 is 38.7. The van der Waals surface area contributed by atoms with E-state index in [0.717, 1.165) is 12.3 Å². The molecule has 0 unspecified atom stereocenters. The minimum atomic E-state index is -4.82. The molecule has 1 heterocycles. The predicted molar refractivity (Wildman–Crippen MR) is 41.3 cm³/mol. The average Bonchev–Trinajstić information content (AvgIpc) is 2.06. The Bertz CT molecular complexity index is 327. The van der Waals surface area contributed by atoms with E-state index in [1.165, 1.54) is 0 Å². The first-order valence-electron chi connectivity index (χ1n) is 3.53. The molecular formula is C7H7F3N2O2. The zero-order valence-electron chi connectivity index (χ0n) is 6.88. The first kappa shape index (κ1) is 10.6. The number of aromatic nitrogens is 1. The summed E-state index contributed by atoms with van der Waals surface area (Å²) in [6.07, 6.45) is -3.76. The van der Waals surface area contributed by atoms with Crippen LogP contribution in [0.1, 0.15) is 5.56 Å². The Labute approximate surface area is 77.1 Å². The molecule has 0 aromatic carbocycles. The van der Waals surface area contributed by atoms with Gasteiger partial charge in [-0.3, -0.25) is 0 Å². The average molecular weight is 208 g/mol. The molecule has 0 amide bonds. The summed E-state index contributed by atoms with van der Waals surface area (Å²) in [5.74, 6) is -0.713. The number of aliphatic hydroxyl groups excluding tert-OH is 1. The fraction of sp³-hybridized carbons (Fsp3) is 0.286. The predicted octanol–water partition coefficient (Wildman–Crippen LogP) is 1.05. The van der Waals surface area contributed by atoms with E-state index in [2.05, 4.69) is 9.72 Å². The standard InChI is InChI=1S/C7H7F3N2O2/c8-7(9,10)14-6-5(11)1-4(3-13)2-12-6/h1-2,13H,3,11H2. The van der Waals surface area contributed by atoms with E-state index in [-0.39, 0.29) is 12.3 Å². The molecule has 0 atom stereocenters. The van der Waals surface area contributed by atoms with E-state index in [4.69, 9.17) is 10.8 Å². The molecule has 0 saturated heterocycles. The lowest BCUT2D eigenvalue weighted by Gasteiger charge is -2.09. The van der Waals surface area contributed by atoms with Crippen molar-refractivity contribution in [3.63, 3.8) is 0 Å². The molecule has 4 nitrogen and oxygen atoms in total. The third kappa shape index (κ3) is 2.77. The molecule has 0 aliphatic rings. The topological polar surface area (TPSA) is 68.4 Å². The molecule has 0 radical (unpaired) electrons. The van der Waals surface area contributed by atoms with Crippen LogP contribution in [0.5, 0.6) is 5.88 Å². The lowest BCUT2D eigenvalue weighted by Crippen LogP contribution is -2.19. The minimum Gasteiger partial charge on any atom is -0.394 e. The molecule has 0 spiro atoms. The van der Waals surface area contributed by atoms with Crippen molar-refractivity contribution in [1.29, 1.82) is 0 Å². The van der Waals surface area contributed by atoms with E-state index >= 15 is 0 Å². The lowest BCUT2D eigenvalue weighted by atomic mass is 10.3. The van der Waals surface area contributed by atoms with Crippen LogP contribution in [0.2, 0.25) is 0 Å². The van der Waals surface area contributed by atoms with Crippen molar-refractivity contribution in [2.45, 2.75) is 13.0 Å². The maximum atomic E-state index is 11.7. The van der Waals surface area contributed by atoms with Crippen molar-refractivity contribution in [3.8, 4) is 5.88 Å². The highest BCUT2D eigenvalue weighted by Crippen LogP contribution is 2.26. The Morgan fingerprint density at radius 3 is 2.57 bits per heavy atom. The molecule has 1 aromatic heterocycles. The Morgan fingerprint density at radius 1 is 1.50 bits per heavy atom.